The van der Waals surface area contributed by atoms with Crippen molar-refractivity contribution in [1.29, 1.82) is 0 Å². The number of benzene rings is 4. The van der Waals surface area contributed by atoms with Crippen molar-refractivity contribution in [1.82, 2.24) is 0 Å². The molecule has 0 aliphatic rings. The fourth-order valence-corrected chi connectivity index (χ4v) is 4.62. The Morgan fingerprint density at radius 2 is 1.43 bits per heavy atom. The number of fused-ring (bicyclic) bond motifs is 1. The van der Waals surface area contributed by atoms with Crippen molar-refractivity contribution in [3.63, 3.8) is 0 Å². The standard InChI is InChI=1S/C31H31NO3/c1-31(2,3)20-27(26-17-10-14-21-11-4-7-15-24(21)26)29(33)32-28-18-9-6-13-23(28)19-22-12-5-8-16-25(22)30(34)35/h4-18,27H,19-20H2,1-3H3,(H,32,33)(H,34,35). The van der Waals surface area contributed by atoms with Gasteiger partial charge in [-0.05, 0) is 51.4 Å². The first kappa shape index (κ1) is 24.2. The highest BCUT2D eigenvalue weighted by Crippen LogP contribution is 2.36. The molecule has 1 amide bonds. The molecule has 0 spiro atoms. The second kappa shape index (κ2) is 10.1. The molecular formula is C31H31NO3. The van der Waals surface area contributed by atoms with Crippen molar-refractivity contribution in [3.8, 4) is 0 Å². The average Bonchev–Trinajstić information content (AvgIpc) is 2.83. The van der Waals surface area contributed by atoms with Crippen LogP contribution in [-0.4, -0.2) is 17.0 Å². The van der Waals surface area contributed by atoms with Gasteiger partial charge in [-0.2, -0.15) is 0 Å². The fourth-order valence-electron chi connectivity index (χ4n) is 4.62. The normalized spacial score (nSPS) is 12.3. The predicted molar refractivity (Wildman–Crippen MR) is 142 cm³/mol. The van der Waals surface area contributed by atoms with Crippen LogP contribution >= 0.6 is 0 Å². The lowest BCUT2D eigenvalue weighted by molar-refractivity contribution is -0.118. The molecule has 0 aliphatic heterocycles. The van der Waals surface area contributed by atoms with Gasteiger partial charge < -0.3 is 10.4 Å². The van der Waals surface area contributed by atoms with Gasteiger partial charge in [-0.3, -0.25) is 4.79 Å². The minimum Gasteiger partial charge on any atom is -0.478 e. The van der Waals surface area contributed by atoms with E-state index in [-0.39, 0.29) is 22.8 Å². The Balaban J connectivity index is 1.69. The number of carboxylic acids is 1. The maximum atomic E-state index is 13.8. The van der Waals surface area contributed by atoms with Gasteiger partial charge in [0.1, 0.15) is 0 Å². The lowest BCUT2D eigenvalue weighted by Gasteiger charge is -2.27. The molecule has 0 fully saturated rings. The zero-order valence-electron chi connectivity index (χ0n) is 20.4. The van der Waals surface area contributed by atoms with Crippen LogP contribution < -0.4 is 5.32 Å². The van der Waals surface area contributed by atoms with Gasteiger partial charge in [-0.25, -0.2) is 4.79 Å². The minimum atomic E-state index is -0.955. The van der Waals surface area contributed by atoms with Gasteiger partial charge in [0.15, 0.2) is 0 Å². The predicted octanol–water partition coefficient (Wildman–Crippen LogP) is 7.29. The summed E-state index contributed by atoms with van der Waals surface area (Å²) in [6.45, 7) is 6.44. The summed E-state index contributed by atoms with van der Waals surface area (Å²) >= 11 is 0. The van der Waals surface area contributed by atoms with E-state index < -0.39 is 5.97 Å². The number of rotatable bonds is 7. The van der Waals surface area contributed by atoms with Crippen LogP contribution in [0.25, 0.3) is 10.8 Å². The van der Waals surface area contributed by atoms with Crippen LogP contribution in [0.2, 0.25) is 0 Å². The summed E-state index contributed by atoms with van der Waals surface area (Å²) in [5.74, 6) is -1.35. The zero-order valence-corrected chi connectivity index (χ0v) is 20.4. The summed E-state index contributed by atoms with van der Waals surface area (Å²) in [7, 11) is 0. The third kappa shape index (κ3) is 5.78. The Morgan fingerprint density at radius 1 is 0.800 bits per heavy atom. The van der Waals surface area contributed by atoms with Crippen LogP contribution in [0, 0.1) is 5.41 Å². The minimum absolute atomic E-state index is 0.0566. The van der Waals surface area contributed by atoms with E-state index in [2.05, 4.69) is 44.3 Å². The topological polar surface area (TPSA) is 66.4 Å². The number of hydrogen-bond donors (Lipinski definition) is 2. The maximum Gasteiger partial charge on any atom is 0.335 e. The molecule has 0 heterocycles. The van der Waals surface area contributed by atoms with E-state index in [1.165, 1.54) is 0 Å². The van der Waals surface area contributed by atoms with E-state index in [0.717, 1.165) is 21.9 Å². The Kier molecular flexibility index (Phi) is 7.02. The summed E-state index contributed by atoms with van der Waals surface area (Å²) in [6, 6.07) is 28.9. The van der Waals surface area contributed by atoms with Crippen LogP contribution in [0.4, 0.5) is 5.69 Å². The first-order chi connectivity index (χ1) is 16.7. The van der Waals surface area contributed by atoms with Crippen LogP contribution in [0.1, 0.15) is 60.2 Å². The molecule has 0 radical (unpaired) electrons. The number of carbonyl (C=O) groups is 2. The summed E-state index contributed by atoms with van der Waals surface area (Å²) in [6.07, 6.45) is 1.11. The molecule has 4 aromatic carbocycles. The maximum absolute atomic E-state index is 13.8. The largest absolute Gasteiger partial charge is 0.478 e. The highest BCUT2D eigenvalue weighted by Gasteiger charge is 2.28. The lowest BCUT2D eigenvalue weighted by atomic mass is 9.79. The molecule has 4 nitrogen and oxygen atoms in total. The number of nitrogens with one attached hydrogen (secondary N) is 1. The summed E-state index contributed by atoms with van der Waals surface area (Å²) in [4.78, 5) is 25.5. The van der Waals surface area contributed by atoms with Gasteiger partial charge in [-0.1, -0.05) is 99.6 Å². The molecule has 0 aromatic heterocycles. The van der Waals surface area contributed by atoms with Gasteiger partial charge in [0.2, 0.25) is 5.91 Å². The van der Waals surface area contributed by atoms with E-state index in [0.29, 0.717) is 24.1 Å². The molecular weight excluding hydrogens is 434 g/mol. The van der Waals surface area contributed by atoms with Gasteiger partial charge in [0.25, 0.3) is 0 Å². The number of hydrogen-bond acceptors (Lipinski definition) is 2. The SMILES string of the molecule is CC(C)(C)CC(C(=O)Nc1ccccc1Cc1ccccc1C(=O)O)c1cccc2ccccc12. The molecule has 0 bridgehead atoms. The van der Waals surface area contributed by atoms with Crippen LogP contribution in [0.5, 0.6) is 0 Å². The molecule has 2 N–H and O–H groups in total. The second-order valence-corrected chi connectivity index (χ2v) is 10.2. The number of para-hydroxylation sites is 1. The van der Waals surface area contributed by atoms with E-state index in [1.807, 2.05) is 60.7 Å². The van der Waals surface area contributed by atoms with Gasteiger partial charge in [-0.15, -0.1) is 0 Å². The smallest absolute Gasteiger partial charge is 0.335 e. The summed E-state index contributed by atoms with van der Waals surface area (Å²) < 4.78 is 0. The van der Waals surface area contributed by atoms with E-state index in [1.54, 1.807) is 12.1 Å². The molecule has 4 aromatic rings. The molecule has 4 heteroatoms. The van der Waals surface area contributed by atoms with Gasteiger partial charge >= 0.3 is 5.97 Å². The molecule has 0 aliphatic carbocycles. The van der Waals surface area contributed by atoms with E-state index in [4.69, 9.17) is 0 Å². The van der Waals surface area contributed by atoms with Gasteiger partial charge in [0, 0.05) is 12.1 Å². The van der Waals surface area contributed by atoms with E-state index >= 15 is 0 Å². The number of carbonyl (C=O) groups excluding carboxylic acids is 1. The van der Waals surface area contributed by atoms with Crippen molar-refractivity contribution in [2.75, 3.05) is 5.32 Å². The third-order valence-electron chi connectivity index (χ3n) is 6.24. The van der Waals surface area contributed by atoms with E-state index in [9.17, 15) is 14.7 Å². The Bertz CT molecular complexity index is 1360. The first-order valence-electron chi connectivity index (χ1n) is 11.9. The molecule has 0 saturated carbocycles. The highest BCUT2D eigenvalue weighted by molar-refractivity contribution is 6.00. The number of amides is 1. The average molecular weight is 466 g/mol. The van der Waals surface area contributed by atoms with Crippen LogP contribution in [0.15, 0.2) is 91.0 Å². The Morgan fingerprint density at radius 3 is 2.17 bits per heavy atom. The van der Waals surface area contributed by atoms with Crippen LogP contribution in [-0.2, 0) is 11.2 Å². The highest BCUT2D eigenvalue weighted by atomic mass is 16.4. The lowest BCUT2D eigenvalue weighted by Crippen LogP contribution is -2.26. The Hall–Kier alpha value is -3.92. The Labute approximate surface area is 206 Å². The monoisotopic (exact) mass is 465 g/mol. The zero-order chi connectivity index (χ0) is 25.0. The van der Waals surface area contributed by atoms with Crippen molar-refractivity contribution < 1.29 is 14.7 Å². The third-order valence-corrected chi connectivity index (χ3v) is 6.24. The van der Waals surface area contributed by atoms with Gasteiger partial charge in [0.05, 0.1) is 11.5 Å². The molecule has 1 atom stereocenters. The summed E-state index contributed by atoms with van der Waals surface area (Å²) in [5.41, 5.74) is 3.53. The molecule has 35 heavy (non-hydrogen) atoms. The fraction of sp³-hybridized carbons (Fsp3) is 0.226. The number of anilines is 1. The number of aromatic carboxylic acids is 1. The second-order valence-electron chi connectivity index (χ2n) is 10.2. The molecule has 0 saturated heterocycles. The van der Waals surface area contributed by atoms with Crippen molar-refractivity contribution >= 4 is 28.3 Å². The first-order valence-corrected chi connectivity index (χ1v) is 11.9. The summed E-state index contributed by atoms with van der Waals surface area (Å²) in [5, 5.41) is 15.0. The molecule has 1 unspecified atom stereocenters. The molecule has 4 rings (SSSR count). The van der Waals surface area contributed by atoms with Crippen molar-refractivity contribution in [2.24, 2.45) is 5.41 Å². The quantitative estimate of drug-likeness (QED) is 0.301. The molecule has 178 valence electrons. The van der Waals surface area contributed by atoms with Crippen molar-refractivity contribution in [3.05, 3.63) is 113 Å². The van der Waals surface area contributed by atoms with Crippen LogP contribution in [0.3, 0.4) is 0 Å². The van der Waals surface area contributed by atoms with Crippen molar-refractivity contribution in [2.45, 2.75) is 39.5 Å². The number of carboxylic acid groups (broad SMARTS) is 1.